The summed E-state index contributed by atoms with van der Waals surface area (Å²) in [7, 11) is 0. The van der Waals surface area contributed by atoms with Crippen molar-refractivity contribution in [3.8, 4) is 0 Å². The summed E-state index contributed by atoms with van der Waals surface area (Å²) in [5.74, 6) is -0.702. The predicted molar refractivity (Wildman–Crippen MR) is 90.6 cm³/mol. The highest BCUT2D eigenvalue weighted by Gasteiger charge is 2.34. The van der Waals surface area contributed by atoms with Crippen molar-refractivity contribution in [1.82, 2.24) is 5.32 Å². The van der Waals surface area contributed by atoms with Crippen LogP contribution in [0.4, 0.5) is 18.9 Å². The van der Waals surface area contributed by atoms with Crippen LogP contribution in [0.5, 0.6) is 0 Å². The van der Waals surface area contributed by atoms with Gasteiger partial charge >= 0.3 is 6.18 Å². The first-order valence-corrected chi connectivity index (χ1v) is 8.20. The summed E-state index contributed by atoms with van der Waals surface area (Å²) in [5, 5.41) is 2.51. The Morgan fingerprint density at radius 3 is 2.38 bits per heavy atom. The molecule has 0 aliphatic carbocycles. The molecule has 2 aromatic carbocycles. The van der Waals surface area contributed by atoms with Crippen LogP contribution in [0.25, 0.3) is 0 Å². The van der Waals surface area contributed by atoms with Gasteiger partial charge in [0.05, 0.1) is 11.1 Å². The molecular weight excluding hydrogens is 345 g/mol. The molecule has 0 saturated carbocycles. The third-order valence-electron chi connectivity index (χ3n) is 4.25. The van der Waals surface area contributed by atoms with Gasteiger partial charge in [0.2, 0.25) is 5.91 Å². The van der Waals surface area contributed by atoms with Gasteiger partial charge < -0.3 is 10.2 Å². The minimum atomic E-state index is -4.59. The number of amides is 2. The number of halogens is 3. The normalized spacial score (nSPS) is 14.6. The maximum atomic E-state index is 13.0. The Bertz CT molecular complexity index is 816. The van der Waals surface area contributed by atoms with E-state index in [2.05, 4.69) is 5.32 Å². The second kappa shape index (κ2) is 7.19. The van der Waals surface area contributed by atoms with Gasteiger partial charge in [-0.25, -0.2) is 0 Å². The predicted octanol–water partition coefficient (Wildman–Crippen LogP) is 3.76. The number of carbonyl (C=O) groups is 2. The summed E-state index contributed by atoms with van der Waals surface area (Å²) in [6.45, 7) is 0.780. The van der Waals surface area contributed by atoms with E-state index in [0.29, 0.717) is 13.0 Å². The van der Waals surface area contributed by atoms with Gasteiger partial charge in [0.15, 0.2) is 0 Å². The monoisotopic (exact) mass is 362 g/mol. The maximum Gasteiger partial charge on any atom is 0.417 e. The molecule has 3 rings (SSSR count). The lowest BCUT2D eigenvalue weighted by Crippen LogP contribution is -2.26. The number of carbonyl (C=O) groups excluding carboxylic acids is 2. The molecule has 136 valence electrons. The Morgan fingerprint density at radius 2 is 1.77 bits per heavy atom. The molecule has 2 aromatic rings. The average molecular weight is 362 g/mol. The Hall–Kier alpha value is -2.83. The molecule has 1 heterocycles. The van der Waals surface area contributed by atoms with Crippen molar-refractivity contribution in [2.45, 2.75) is 25.6 Å². The van der Waals surface area contributed by atoms with E-state index in [1.165, 1.54) is 12.1 Å². The van der Waals surface area contributed by atoms with Gasteiger partial charge in [0.1, 0.15) is 0 Å². The van der Waals surface area contributed by atoms with E-state index in [4.69, 9.17) is 0 Å². The topological polar surface area (TPSA) is 49.4 Å². The Morgan fingerprint density at radius 1 is 1.08 bits per heavy atom. The lowest BCUT2D eigenvalue weighted by molar-refractivity contribution is -0.138. The van der Waals surface area contributed by atoms with E-state index < -0.39 is 23.2 Å². The van der Waals surface area contributed by atoms with Crippen LogP contribution in [-0.4, -0.2) is 18.4 Å². The lowest BCUT2D eigenvalue weighted by Gasteiger charge is -2.16. The highest BCUT2D eigenvalue weighted by Crippen LogP contribution is 2.31. The number of benzene rings is 2. The molecule has 0 atom stereocenters. The van der Waals surface area contributed by atoms with Gasteiger partial charge in [-0.15, -0.1) is 0 Å². The van der Waals surface area contributed by atoms with Crippen LogP contribution in [-0.2, 0) is 17.5 Å². The van der Waals surface area contributed by atoms with Gasteiger partial charge in [0, 0.05) is 25.2 Å². The van der Waals surface area contributed by atoms with Gasteiger partial charge in [0.25, 0.3) is 5.91 Å². The van der Waals surface area contributed by atoms with Crippen LogP contribution in [0.2, 0.25) is 0 Å². The highest BCUT2D eigenvalue weighted by molar-refractivity contribution is 5.96. The van der Waals surface area contributed by atoms with Crippen LogP contribution < -0.4 is 10.2 Å². The zero-order valence-electron chi connectivity index (χ0n) is 13.8. The van der Waals surface area contributed by atoms with Crippen LogP contribution >= 0.6 is 0 Å². The number of hydrogen-bond donors (Lipinski definition) is 1. The van der Waals surface area contributed by atoms with Crippen molar-refractivity contribution >= 4 is 17.5 Å². The molecule has 1 fully saturated rings. The number of alkyl halides is 3. The first-order chi connectivity index (χ1) is 12.4. The molecule has 1 N–H and O–H groups in total. The molecule has 1 aliphatic rings. The molecular formula is C19H17F3N2O2. The van der Waals surface area contributed by atoms with E-state index in [1.807, 2.05) is 0 Å². The van der Waals surface area contributed by atoms with Crippen molar-refractivity contribution in [1.29, 1.82) is 0 Å². The standard InChI is InChI=1S/C19H17F3N2O2/c20-19(21,22)16-5-2-1-4-15(16)18(26)23-12-13-7-9-14(10-8-13)24-11-3-6-17(24)25/h1-2,4-5,7-10H,3,6,11-12H2,(H,23,26). The van der Waals surface area contributed by atoms with Crippen molar-refractivity contribution in [2.24, 2.45) is 0 Å². The quantitative estimate of drug-likeness (QED) is 0.900. The summed E-state index contributed by atoms with van der Waals surface area (Å²) in [6, 6.07) is 11.7. The van der Waals surface area contributed by atoms with Gasteiger partial charge in [-0.2, -0.15) is 13.2 Å². The smallest absolute Gasteiger partial charge is 0.348 e. The molecule has 1 aliphatic heterocycles. The third-order valence-corrected chi connectivity index (χ3v) is 4.25. The van der Waals surface area contributed by atoms with Crippen LogP contribution in [0.15, 0.2) is 48.5 Å². The fourth-order valence-corrected chi connectivity index (χ4v) is 2.92. The molecule has 4 nitrogen and oxygen atoms in total. The summed E-state index contributed by atoms with van der Waals surface area (Å²) in [6.07, 6.45) is -3.22. The van der Waals surface area contributed by atoms with Crippen LogP contribution in [0, 0.1) is 0 Å². The highest BCUT2D eigenvalue weighted by atomic mass is 19.4. The minimum Gasteiger partial charge on any atom is -0.348 e. The third kappa shape index (κ3) is 3.87. The van der Waals surface area contributed by atoms with Crippen molar-refractivity contribution < 1.29 is 22.8 Å². The fourth-order valence-electron chi connectivity index (χ4n) is 2.92. The van der Waals surface area contributed by atoms with Gasteiger partial charge in [-0.05, 0) is 36.2 Å². The van der Waals surface area contributed by atoms with Gasteiger partial charge in [-0.3, -0.25) is 9.59 Å². The molecule has 0 unspecified atom stereocenters. The first-order valence-electron chi connectivity index (χ1n) is 8.20. The summed E-state index contributed by atoms with van der Waals surface area (Å²) >= 11 is 0. The summed E-state index contributed by atoms with van der Waals surface area (Å²) in [5.41, 5.74) is 0.155. The van der Waals surface area contributed by atoms with E-state index in [9.17, 15) is 22.8 Å². The number of hydrogen-bond acceptors (Lipinski definition) is 2. The maximum absolute atomic E-state index is 13.0. The van der Waals surface area contributed by atoms with Gasteiger partial charge in [-0.1, -0.05) is 24.3 Å². The van der Waals surface area contributed by atoms with Crippen LogP contribution in [0.1, 0.15) is 34.3 Å². The molecule has 0 bridgehead atoms. The Kier molecular flexibility index (Phi) is 4.97. The van der Waals surface area contributed by atoms with E-state index in [-0.39, 0.29) is 12.5 Å². The zero-order chi connectivity index (χ0) is 18.7. The SMILES string of the molecule is O=C(NCc1ccc(N2CCCC2=O)cc1)c1ccccc1C(F)(F)F. The number of nitrogens with one attached hydrogen (secondary N) is 1. The molecule has 0 radical (unpaired) electrons. The molecule has 2 amide bonds. The first kappa shape index (κ1) is 18.0. The van der Waals surface area contributed by atoms with E-state index in [1.54, 1.807) is 29.2 Å². The summed E-state index contributed by atoms with van der Waals surface area (Å²) in [4.78, 5) is 25.6. The minimum absolute atomic E-state index is 0.0785. The summed E-state index contributed by atoms with van der Waals surface area (Å²) < 4.78 is 39.0. The largest absolute Gasteiger partial charge is 0.417 e. The average Bonchev–Trinajstić information content (AvgIpc) is 3.05. The number of anilines is 1. The molecule has 26 heavy (non-hydrogen) atoms. The molecule has 7 heteroatoms. The van der Waals surface area contributed by atoms with Crippen molar-refractivity contribution in [3.05, 3.63) is 65.2 Å². The lowest BCUT2D eigenvalue weighted by atomic mass is 10.1. The Labute approximate surface area is 148 Å². The van der Waals surface area contributed by atoms with Crippen molar-refractivity contribution in [3.63, 3.8) is 0 Å². The second-order valence-corrected chi connectivity index (χ2v) is 6.04. The Balaban J connectivity index is 1.66. The number of rotatable bonds is 4. The fraction of sp³-hybridized carbons (Fsp3) is 0.263. The van der Waals surface area contributed by atoms with E-state index in [0.717, 1.165) is 29.8 Å². The second-order valence-electron chi connectivity index (χ2n) is 6.04. The molecule has 0 spiro atoms. The van der Waals surface area contributed by atoms with E-state index >= 15 is 0 Å². The zero-order valence-corrected chi connectivity index (χ0v) is 13.8. The number of nitrogens with zero attached hydrogens (tertiary/aromatic N) is 1. The van der Waals surface area contributed by atoms with Crippen molar-refractivity contribution in [2.75, 3.05) is 11.4 Å². The molecule has 1 saturated heterocycles. The van der Waals surface area contributed by atoms with Crippen LogP contribution in [0.3, 0.4) is 0 Å². The molecule has 0 aromatic heterocycles.